The van der Waals surface area contributed by atoms with Gasteiger partial charge >= 0.3 is 0 Å². The number of benzene rings is 1. The number of hydrogen-bond acceptors (Lipinski definition) is 6. The van der Waals surface area contributed by atoms with Gasteiger partial charge in [0.25, 0.3) is 0 Å². The van der Waals surface area contributed by atoms with E-state index in [2.05, 4.69) is 10.3 Å². The molecule has 0 atom stereocenters. The van der Waals surface area contributed by atoms with Gasteiger partial charge in [0, 0.05) is 12.3 Å². The molecule has 1 N–H and O–H groups in total. The Kier molecular flexibility index (Phi) is 5.68. The van der Waals surface area contributed by atoms with Crippen molar-refractivity contribution < 1.29 is 13.2 Å². The van der Waals surface area contributed by atoms with E-state index in [0.717, 1.165) is 11.8 Å². The Morgan fingerprint density at radius 3 is 2.31 bits per heavy atom. The molecule has 1 heterocycles. The maximum absolute atomic E-state index is 12.7. The van der Waals surface area contributed by atoms with E-state index >= 15 is 0 Å². The molecule has 0 radical (unpaired) electrons. The van der Waals surface area contributed by atoms with Gasteiger partial charge in [0.2, 0.25) is 15.7 Å². The first-order valence-corrected chi connectivity index (χ1v) is 9.39. The lowest BCUT2D eigenvalue weighted by Gasteiger charge is -2.19. The minimum Gasteiger partial charge on any atom is -0.481 e. The largest absolute Gasteiger partial charge is 0.481 e. The van der Waals surface area contributed by atoms with Crippen molar-refractivity contribution in [2.45, 2.75) is 31.1 Å². The Labute approximate surface area is 154 Å². The summed E-state index contributed by atoms with van der Waals surface area (Å²) in [6.07, 6.45) is 2.64. The molecule has 0 saturated carbocycles. The molecule has 136 valence electrons. The van der Waals surface area contributed by atoms with E-state index in [1.807, 2.05) is 20.8 Å². The maximum Gasteiger partial charge on any atom is 0.218 e. The van der Waals surface area contributed by atoms with Gasteiger partial charge in [-0.25, -0.2) is 13.4 Å². The number of nitrogens with zero attached hydrogens (tertiary/aromatic N) is 2. The van der Waals surface area contributed by atoms with Gasteiger partial charge in [0.1, 0.15) is 6.07 Å². The van der Waals surface area contributed by atoms with Gasteiger partial charge in [-0.15, -0.1) is 0 Å². The molecular formula is C19H21N3O3S. The number of sulfone groups is 1. The fraction of sp³-hybridized carbons (Fsp3) is 0.263. The zero-order valence-electron chi connectivity index (χ0n) is 15.1. The second kappa shape index (κ2) is 7.58. The highest BCUT2D eigenvalue weighted by Gasteiger charge is 2.22. The van der Waals surface area contributed by atoms with Crippen molar-refractivity contribution in [3.63, 3.8) is 0 Å². The van der Waals surface area contributed by atoms with Crippen LogP contribution in [0.5, 0.6) is 5.88 Å². The number of hydrogen-bond donors (Lipinski definition) is 1. The van der Waals surface area contributed by atoms with Gasteiger partial charge in [-0.1, -0.05) is 32.9 Å². The molecule has 0 saturated heterocycles. The van der Waals surface area contributed by atoms with E-state index < -0.39 is 9.84 Å². The van der Waals surface area contributed by atoms with Crippen molar-refractivity contribution in [3.8, 4) is 11.9 Å². The topological polar surface area (TPSA) is 92.1 Å². The van der Waals surface area contributed by atoms with Crippen LogP contribution in [0.4, 0.5) is 5.69 Å². The van der Waals surface area contributed by atoms with Gasteiger partial charge in [0.15, 0.2) is 4.91 Å². The van der Waals surface area contributed by atoms with E-state index in [0.29, 0.717) is 11.6 Å². The molecule has 0 fully saturated rings. The molecule has 26 heavy (non-hydrogen) atoms. The molecule has 0 aliphatic heterocycles. The fourth-order valence-electron chi connectivity index (χ4n) is 2.17. The standard InChI is InChI=1S/C19H21N3O3S/c1-19(2,3)14-5-8-16(9-6-14)26(23,24)17(11-20)13-21-15-7-10-18(25-4)22-12-15/h5-10,12-13,21H,1-4H3/b17-13+. The number of rotatable bonds is 5. The minimum atomic E-state index is -3.90. The van der Waals surface area contributed by atoms with Crippen LogP contribution in [0.2, 0.25) is 0 Å². The summed E-state index contributed by atoms with van der Waals surface area (Å²) in [5.41, 5.74) is 1.47. The summed E-state index contributed by atoms with van der Waals surface area (Å²) in [6.45, 7) is 6.14. The zero-order valence-corrected chi connectivity index (χ0v) is 16.0. The van der Waals surface area contributed by atoms with Crippen LogP contribution in [-0.4, -0.2) is 20.5 Å². The monoisotopic (exact) mass is 371 g/mol. The molecule has 2 rings (SSSR count). The van der Waals surface area contributed by atoms with Crippen LogP contribution in [0, 0.1) is 11.3 Å². The number of anilines is 1. The van der Waals surface area contributed by atoms with E-state index in [4.69, 9.17) is 4.74 Å². The predicted octanol–water partition coefficient (Wildman–Crippen LogP) is 3.64. The van der Waals surface area contributed by atoms with Crippen molar-refractivity contribution in [1.82, 2.24) is 4.98 Å². The Morgan fingerprint density at radius 1 is 1.19 bits per heavy atom. The Hall–Kier alpha value is -2.85. The number of nitrogens with one attached hydrogen (secondary N) is 1. The van der Waals surface area contributed by atoms with Crippen molar-refractivity contribution in [2.24, 2.45) is 0 Å². The molecule has 1 aromatic heterocycles. The average Bonchev–Trinajstić information content (AvgIpc) is 2.62. The summed E-state index contributed by atoms with van der Waals surface area (Å²) >= 11 is 0. The highest BCUT2D eigenvalue weighted by molar-refractivity contribution is 7.95. The van der Waals surface area contributed by atoms with Crippen LogP contribution in [0.25, 0.3) is 0 Å². The minimum absolute atomic E-state index is 0.0768. The van der Waals surface area contributed by atoms with Crippen LogP contribution in [0.15, 0.2) is 58.6 Å². The van der Waals surface area contributed by atoms with Crippen molar-refractivity contribution in [1.29, 1.82) is 5.26 Å². The van der Waals surface area contributed by atoms with Gasteiger partial charge in [-0.3, -0.25) is 0 Å². The van der Waals surface area contributed by atoms with Crippen LogP contribution in [0.1, 0.15) is 26.3 Å². The lowest BCUT2D eigenvalue weighted by atomic mass is 9.87. The summed E-state index contributed by atoms with van der Waals surface area (Å²) in [6, 6.07) is 11.6. The number of allylic oxidation sites excluding steroid dienone is 1. The van der Waals surface area contributed by atoms with Crippen LogP contribution < -0.4 is 10.1 Å². The second-order valence-corrected chi connectivity index (χ2v) is 8.55. The summed E-state index contributed by atoms with van der Waals surface area (Å²) in [4.78, 5) is 3.71. The Morgan fingerprint density at radius 2 is 1.85 bits per heavy atom. The average molecular weight is 371 g/mol. The third kappa shape index (κ3) is 4.41. The molecule has 6 nitrogen and oxygen atoms in total. The molecule has 2 aromatic rings. The van der Waals surface area contributed by atoms with Crippen molar-refractivity contribution in [3.05, 3.63) is 59.3 Å². The maximum atomic E-state index is 12.7. The summed E-state index contributed by atoms with van der Waals surface area (Å²) in [5.74, 6) is 0.437. The van der Waals surface area contributed by atoms with Crippen molar-refractivity contribution >= 4 is 15.5 Å². The molecule has 0 aliphatic carbocycles. The summed E-state index contributed by atoms with van der Waals surface area (Å²) in [7, 11) is -2.40. The Balaban J connectivity index is 2.28. The number of ether oxygens (including phenoxy) is 1. The normalized spacial score (nSPS) is 12.3. The van der Waals surface area contributed by atoms with E-state index in [1.54, 1.807) is 30.3 Å². The summed E-state index contributed by atoms with van der Waals surface area (Å²) in [5, 5.41) is 12.1. The van der Waals surface area contributed by atoms with E-state index in [-0.39, 0.29) is 15.2 Å². The number of pyridine rings is 1. The first-order chi connectivity index (χ1) is 12.2. The van der Waals surface area contributed by atoms with E-state index in [9.17, 15) is 13.7 Å². The second-order valence-electron chi connectivity index (χ2n) is 6.63. The smallest absolute Gasteiger partial charge is 0.218 e. The number of methoxy groups -OCH3 is 1. The Bertz CT molecular complexity index is 934. The fourth-order valence-corrected chi connectivity index (χ4v) is 3.25. The van der Waals surface area contributed by atoms with E-state index in [1.165, 1.54) is 25.4 Å². The molecule has 0 bridgehead atoms. The molecule has 0 aliphatic rings. The van der Waals surface area contributed by atoms with Crippen molar-refractivity contribution in [2.75, 3.05) is 12.4 Å². The lowest BCUT2D eigenvalue weighted by Crippen LogP contribution is -2.12. The predicted molar refractivity (Wildman–Crippen MR) is 100 cm³/mol. The third-order valence-corrected chi connectivity index (χ3v) is 5.43. The van der Waals surface area contributed by atoms with Crippen LogP contribution in [0.3, 0.4) is 0 Å². The van der Waals surface area contributed by atoms with Gasteiger partial charge in [0.05, 0.1) is 23.9 Å². The SMILES string of the molecule is COc1ccc(N/C=C(\C#N)S(=O)(=O)c2ccc(C(C)(C)C)cc2)cn1. The van der Waals surface area contributed by atoms with Gasteiger partial charge < -0.3 is 10.1 Å². The number of nitriles is 1. The summed E-state index contributed by atoms with van der Waals surface area (Å²) < 4.78 is 30.3. The molecular weight excluding hydrogens is 350 g/mol. The highest BCUT2D eigenvalue weighted by Crippen LogP contribution is 2.25. The zero-order chi connectivity index (χ0) is 19.4. The molecule has 0 amide bonds. The third-order valence-electron chi connectivity index (χ3n) is 3.75. The van der Waals surface area contributed by atoms with Gasteiger partial charge in [-0.2, -0.15) is 5.26 Å². The molecule has 0 spiro atoms. The highest BCUT2D eigenvalue weighted by atomic mass is 32.2. The first kappa shape index (κ1) is 19.5. The van der Waals surface area contributed by atoms with Crippen LogP contribution in [-0.2, 0) is 15.3 Å². The van der Waals surface area contributed by atoms with Gasteiger partial charge in [-0.05, 0) is 29.2 Å². The molecule has 0 unspecified atom stereocenters. The van der Waals surface area contributed by atoms with Crippen LogP contribution >= 0.6 is 0 Å². The quantitative estimate of drug-likeness (QED) is 0.807. The molecule has 1 aromatic carbocycles. The molecule has 7 heteroatoms. The number of aromatic nitrogens is 1. The first-order valence-electron chi connectivity index (χ1n) is 7.91. The lowest BCUT2D eigenvalue weighted by molar-refractivity contribution is 0.398.